The molecule has 1 fully saturated rings. The number of pyridine rings is 1. The Hall–Kier alpha value is -0.835. The zero-order valence-electron chi connectivity index (χ0n) is 12.0. The number of aromatic nitrogens is 1. The van der Waals surface area contributed by atoms with Crippen LogP contribution in [-0.2, 0) is 9.31 Å². The second-order valence-corrected chi connectivity index (χ2v) is 6.22. The molecule has 1 saturated heterocycles. The summed E-state index contributed by atoms with van der Waals surface area (Å²) in [7, 11) is -0.332. The van der Waals surface area contributed by atoms with Crippen molar-refractivity contribution >= 4 is 24.8 Å². The van der Waals surface area contributed by atoms with E-state index in [2.05, 4.69) is 4.98 Å². The lowest BCUT2D eigenvalue weighted by Crippen LogP contribution is -2.41. The standard InChI is InChI=1S/C14H19BClNO2/c1-10-8-11(9-17-12(10)16)6-7-15-18-13(2,3)14(4,5)19-15/h6-9H,1-5H3/b7-6+. The lowest BCUT2D eigenvalue weighted by Gasteiger charge is -2.32. The maximum Gasteiger partial charge on any atom is 0.487 e. The van der Waals surface area contributed by atoms with Crippen molar-refractivity contribution in [1.29, 1.82) is 0 Å². The highest BCUT2D eigenvalue weighted by Gasteiger charge is 2.49. The first-order valence-corrected chi connectivity index (χ1v) is 6.75. The van der Waals surface area contributed by atoms with E-state index < -0.39 is 0 Å². The fraction of sp³-hybridized carbons (Fsp3) is 0.500. The second-order valence-electron chi connectivity index (χ2n) is 5.86. The van der Waals surface area contributed by atoms with Crippen molar-refractivity contribution in [3.05, 3.63) is 34.5 Å². The third-order valence-corrected chi connectivity index (χ3v) is 4.15. The Labute approximate surface area is 120 Å². The lowest BCUT2D eigenvalue weighted by molar-refractivity contribution is 0.00578. The largest absolute Gasteiger partial charge is 0.487 e. The normalized spacial score (nSPS) is 21.3. The molecule has 2 rings (SSSR count). The van der Waals surface area contributed by atoms with E-state index in [4.69, 9.17) is 20.9 Å². The summed E-state index contributed by atoms with van der Waals surface area (Å²) in [5.74, 6) is 1.90. The molecule has 1 aromatic rings. The van der Waals surface area contributed by atoms with Crippen LogP contribution in [0.25, 0.3) is 6.08 Å². The van der Waals surface area contributed by atoms with Gasteiger partial charge in [0.1, 0.15) is 5.15 Å². The van der Waals surface area contributed by atoms with Gasteiger partial charge in [0.15, 0.2) is 0 Å². The van der Waals surface area contributed by atoms with Crippen LogP contribution in [0.1, 0.15) is 38.8 Å². The average Bonchev–Trinajstić information content (AvgIpc) is 2.49. The first-order valence-electron chi connectivity index (χ1n) is 6.37. The Balaban J connectivity index is 2.10. The molecule has 0 atom stereocenters. The third-order valence-electron chi connectivity index (χ3n) is 3.75. The van der Waals surface area contributed by atoms with Crippen molar-refractivity contribution in [1.82, 2.24) is 4.98 Å². The molecule has 0 aromatic carbocycles. The van der Waals surface area contributed by atoms with Crippen molar-refractivity contribution in [3.63, 3.8) is 0 Å². The molecule has 1 aliphatic heterocycles. The predicted octanol–water partition coefficient (Wildman–Crippen LogP) is 3.69. The van der Waals surface area contributed by atoms with Crippen LogP contribution in [0.2, 0.25) is 5.15 Å². The van der Waals surface area contributed by atoms with Gasteiger partial charge in [0.25, 0.3) is 0 Å². The van der Waals surface area contributed by atoms with Gasteiger partial charge in [0.05, 0.1) is 11.2 Å². The van der Waals surface area contributed by atoms with Crippen molar-refractivity contribution in [2.45, 2.75) is 45.8 Å². The van der Waals surface area contributed by atoms with E-state index in [1.807, 2.05) is 52.7 Å². The van der Waals surface area contributed by atoms with Crippen LogP contribution in [0.3, 0.4) is 0 Å². The van der Waals surface area contributed by atoms with Gasteiger partial charge < -0.3 is 9.31 Å². The van der Waals surface area contributed by atoms with Crippen LogP contribution in [0, 0.1) is 6.92 Å². The number of rotatable bonds is 2. The molecule has 1 aromatic heterocycles. The van der Waals surface area contributed by atoms with Crippen LogP contribution in [0.15, 0.2) is 18.2 Å². The van der Waals surface area contributed by atoms with Crippen LogP contribution in [-0.4, -0.2) is 23.3 Å². The number of hydrogen-bond donors (Lipinski definition) is 0. The summed E-state index contributed by atoms with van der Waals surface area (Å²) in [6.07, 6.45) is 3.68. The summed E-state index contributed by atoms with van der Waals surface area (Å²) >= 11 is 5.90. The molecule has 19 heavy (non-hydrogen) atoms. The van der Waals surface area contributed by atoms with Gasteiger partial charge in [-0.05, 0) is 51.8 Å². The Bertz CT molecular complexity index is 498. The minimum Gasteiger partial charge on any atom is -0.400 e. The molecule has 0 unspecified atom stereocenters. The van der Waals surface area contributed by atoms with Crippen LogP contribution < -0.4 is 0 Å². The first kappa shape index (κ1) is 14.6. The van der Waals surface area contributed by atoms with Gasteiger partial charge in [-0.25, -0.2) is 4.98 Å². The maximum absolute atomic E-state index is 5.90. The molecule has 0 bridgehead atoms. The Morgan fingerprint density at radius 2 is 1.79 bits per heavy atom. The molecule has 1 aliphatic rings. The van der Waals surface area contributed by atoms with E-state index in [0.717, 1.165) is 11.1 Å². The Kier molecular flexibility index (Phi) is 3.78. The van der Waals surface area contributed by atoms with E-state index in [1.165, 1.54) is 0 Å². The van der Waals surface area contributed by atoms with E-state index >= 15 is 0 Å². The molecule has 5 heteroatoms. The zero-order valence-corrected chi connectivity index (χ0v) is 12.8. The summed E-state index contributed by atoms with van der Waals surface area (Å²) in [6, 6.07) is 1.98. The lowest BCUT2D eigenvalue weighted by atomic mass is 9.89. The van der Waals surface area contributed by atoms with E-state index in [-0.39, 0.29) is 18.3 Å². The molecular weight excluding hydrogens is 260 g/mol. The Morgan fingerprint density at radius 1 is 1.21 bits per heavy atom. The maximum atomic E-state index is 5.90. The molecule has 3 nitrogen and oxygen atoms in total. The molecule has 0 amide bonds. The zero-order chi connectivity index (χ0) is 14.3. The van der Waals surface area contributed by atoms with Gasteiger partial charge in [-0.2, -0.15) is 0 Å². The highest BCUT2D eigenvalue weighted by atomic mass is 35.5. The van der Waals surface area contributed by atoms with Gasteiger partial charge in [-0.3, -0.25) is 0 Å². The summed E-state index contributed by atoms with van der Waals surface area (Å²) in [5, 5.41) is 0.535. The molecule has 0 saturated carbocycles. The number of nitrogens with zero attached hydrogens (tertiary/aromatic N) is 1. The fourth-order valence-corrected chi connectivity index (χ4v) is 1.93. The van der Waals surface area contributed by atoms with Crippen LogP contribution in [0.4, 0.5) is 0 Å². The van der Waals surface area contributed by atoms with Crippen molar-refractivity contribution in [2.75, 3.05) is 0 Å². The molecule has 0 spiro atoms. The van der Waals surface area contributed by atoms with Gasteiger partial charge in [0, 0.05) is 6.20 Å². The van der Waals surface area contributed by atoms with E-state index in [1.54, 1.807) is 6.20 Å². The average molecular weight is 280 g/mol. The van der Waals surface area contributed by atoms with Gasteiger partial charge >= 0.3 is 7.12 Å². The molecular formula is C14H19BClNO2. The number of hydrogen-bond acceptors (Lipinski definition) is 3. The third kappa shape index (κ3) is 3.02. The quantitative estimate of drug-likeness (QED) is 0.611. The summed E-state index contributed by atoms with van der Waals surface area (Å²) in [5.41, 5.74) is 1.32. The summed E-state index contributed by atoms with van der Waals surface area (Å²) in [4.78, 5) is 4.11. The summed E-state index contributed by atoms with van der Waals surface area (Å²) in [6.45, 7) is 10.1. The summed E-state index contributed by atoms with van der Waals surface area (Å²) < 4.78 is 11.8. The predicted molar refractivity (Wildman–Crippen MR) is 79.1 cm³/mol. The van der Waals surface area contributed by atoms with Crippen LogP contribution >= 0.6 is 11.6 Å². The molecule has 102 valence electrons. The molecule has 0 aliphatic carbocycles. The first-order chi connectivity index (χ1) is 8.71. The second kappa shape index (κ2) is 4.93. The minimum atomic E-state index is -0.332. The highest BCUT2D eigenvalue weighted by molar-refractivity contribution is 6.52. The van der Waals surface area contributed by atoms with Crippen molar-refractivity contribution < 1.29 is 9.31 Å². The van der Waals surface area contributed by atoms with E-state index in [0.29, 0.717) is 5.15 Å². The number of halogens is 1. The van der Waals surface area contributed by atoms with Crippen molar-refractivity contribution in [3.8, 4) is 0 Å². The highest BCUT2D eigenvalue weighted by Crippen LogP contribution is 2.37. The smallest absolute Gasteiger partial charge is 0.400 e. The monoisotopic (exact) mass is 279 g/mol. The topological polar surface area (TPSA) is 31.4 Å². The number of aryl methyl sites for hydroxylation is 1. The van der Waals surface area contributed by atoms with E-state index in [9.17, 15) is 0 Å². The Morgan fingerprint density at radius 3 is 2.32 bits per heavy atom. The minimum absolute atomic E-state index is 0.309. The van der Waals surface area contributed by atoms with Crippen LogP contribution in [0.5, 0.6) is 0 Å². The van der Waals surface area contributed by atoms with Crippen molar-refractivity contribution in [2.24, 2.45) is 0 Å². The molecule has 2 heterocycles. The fourth-order valence-electron chi connectivity index (χ4n) is 1.83. The van der Waals surface area contributed by atoms with Gasteiger partial charge in [-0.15, -0.1) is 0 Å². The molecule has 0 radical (unpaired) electrons. The SMILES string of the molecule is Cc1cc(/C=C/B2OC(C)(C)C(C)(C)O2)cnc1Cl. The van der Waals surface area contributed by atoms with Gasteiger partial charge in [-0.1, -0.05) is 23.7 Å². The molecule has 0 N–H and O–H groups in total. The van der Waals surface area contributed by atoms with Gasteiger partial charge in [0.2, 0.25) is 0 Å².